The normalized spacial score (nSPS) is 19.0. The monoisotopic (exact) mass is 495 g/mol. The van der Waals surface area contributed by atoms with Crippen LogP contribution in [-0.4, -0.2) is 56.6 Å². The number of rotatable bonds is 7. The molecule has 36 heavy (non-hydrogen) atoms. The maximum absolute atomic E-state index is 12.9. The molecule has 2 heterocycles. The van der Waals surface area contributed by atoms with E-state index in [1.54, 1.807) is 0 Å². The van der Waals surface area contributed by atoms with E-state index < -0.39 is 0 Å². The minimum atomic E-state index is 0.316. The zero-order valence-electron chi connectivity index (χ0n) is 23.4. The molecule has 0 radical (unpaired) electrons. The number of allylic oxidation sites excluding steroid dienone is 4. The summed E-state index contributed by atoms with van der Waals surface area (Å²) in [6.45, 7) is 16.5. The molecule has 2 aliphatic heterocycles. The maximum Gasteiger partial charge on any atom is 0.158 e. The van der Waals surface area contributed by atoms with Gasteiger partial charge in [0.1, 0.15) is 0 Å². The molecule has 0 bridgehead atoms. The number of nitrogens with two attached hydrogens (primary N) is 1. The molecule has 200 valence electrons. The molecule has 1 aromatic carbocycles. The molecule has 0 aromatic heterocycles. The standard InChI is InChI=1S/C27H37N3O2.2C2H6/c1-2-22-9-5-14-30(27-24(22)10-4-11-25(27)28)20-21-7-3-8-23(19-21)26(31)12-6-13-29-15-17-32-18-16-29;2*1-2/h2,4,7,10-11,19H,3,5-6,8-9,12-18,20,28H2,1H3;2*1-2H3/b22-2-;;. The molecule has 5 nitrogen and oxygen atoms in total. The number of benzene rings is 1. The lowest BCUT2D eigenvalue weighted by molar-refractivity contribution is -0.115. The third kappa shape index (κ3) is 8.35. The number of Topliss-reactive ketones (excluding diaryl/α,β-unsaturated/α-hetero) is 1. The Hall–Kier alpha value is -2.37. The third-order valence-corrected chi connectivity index (χ3v) is 6.85. The fraction of sp³-hybridized carbons (Fsp3) is 0.581. The molecule has 0 spiro atoms. The van der Waals surface area contributed by atoms with E-state index in [0.29, 0.717) is 12.2 Å². The van der Waals surface area contributed by atoms with Crippen LogP contribution in [0.25, 0.3) is 5.57 Å². The van der Waals surface area contributed by atoms with Gasteiger partial charge in [0.15, 0.2) is 5.78 Å². The number of carbonyl (C=O) groups is 1. The van der Waals surface area contributed by atoms with Gasteiger partial charge < -0.3 is 15.4 Å². The average Bonchev–Trinajstić information content (AvgIpc) is 3.11. The molecule has 1 saturated heterocycles. The second-order valence-electron chi connectivity index (χ2n) is 9.05. The Balaban J connectivity index is 0.00000109. The van der Waals surface area contributed by atoms with Gasteiger partial charge >= 0.3 is 0 Å². The lowest BCUT2D eigenvalue weighted by Gasteiger charge is -2.28. The van der Waals surface area contributed by atoms with Crippen molar-refractivity contribution < 1.29 is 9.53 Å². The van der Waals surface area contributed by atoms with Crippen molar-refractivity contribution in [3.8, 4) is 0 Å². The first-order valence-electron chi connectivity index (χ1n) is 14.2. The first-order valence-corrected chi connectivity index (χ1v) is 14.2. The van der Waals surface area contributed by atoms with Crippen molar-refractivity contribution in [3.05, 3.63) is 53.1 Å². The molecule has 3 aliphatic rings. The number of nitrogens with zero attached hydrogens (tertiary/aromatic N) is 2. The Kier molecular flexibility index (Phi) is 13.6. The molecular formula is C31H49N3O2. The summed E-state index contributed by atoms with van der Waals surface area (Å²) in [4.78, 5) is 17.7. The number of anilines is 2. The summed E-state index contributed by atoms with van der Waals surface area (Å²) in [5, 5.41) is 0. The summed E-state index contributed by atoms with van der Waals surface area (Å²) in [6, 6.07) is 6.24. The number of hydrogen-bond donors (Lipinski definition) is 1. The summed E-state index contributed by atoms with van der Waals surface area (Å²) in [5.41, 5.74) is 13.3. The van der Waals surface area contributed by atoms with Crippen molar-refractivity contribution in [2.45, 2.75) is 73.1 Å². The van der Waals surface area contributed by atoms with Crippen LogP contribution in [0, 0.1) is 0 Å². The Morgan fingerprint density at radius 2 is 1.83 bits per heavy atom. The van der Waals surface area contributed by atoms with E-state index in [-0.39, 0.29) is 0 Å². The smallest absolute Gasteiger partial charge is 0.158 e. The van der Waals surface area contributed by atoms with Crippen LogP contribution in [0.3, 0.4) is 0 Å². The number of para-hydroxylation sites is 1. The number of carbonyl (C=O) groups excluding carboxylic acids is 1. The van der Waals surface area contributed by atoms with Gasteiger partial charge in [-0.1, -0.05) is 58.1 Å². The summed E-state index contributed by atoms with van der Waals surface area (Å²) < 4.78 is 5.41. The minimum Gasteiger partial charge on any atom is -0.397 e. The number of hydrogen-bond acceptors (Lipinski definition) is 5. The summed E-state index contributed by atoms with van der Waals surface area (Å²) in [6.07, 6.45) is 12.2. The zero-order valence-corrected chi connectivity index (χ0v) is 23.4. The SMILES string of the molecule is C/C=C1/CCCN(CC2=CCCC(C(=O)CCCN3CCOCC3)=C2)c2c(N)cccc21.CC.CC. The molecule has 4 rings (SSSR count). The first-order chi connectivity index (χ1) is 17.7. The lowest BCUT2D eigenvalue weighted by Crippen LogP contribution is -2.37. The van der Waals surface area contributed by atoms with Gasteiger partial charge in [0.25, 0.3) is 0 Å². The van der Waals surface area contributed by atoms with Crippen LogP contribution < -0.4 is 10.6 Å². The van der Waals surface area contributed by atoms with Crippen molar-refractivity contribution in [2.24, 2.45) is 0 Å². The summed E-state index contributed by atoms with van der Waals surface area (Å²) in [5.74, 6) is 0.316. The average molecular weight is 496 g/mol. The zero-order chi connectivity index (χ0) is 26.3. The largest absolute Gasteiger partial charge is 0.397 e. The van der Waals surface area contributed by atoms with E-state index in [9.17, 15) is 4.79 Å². The van der Waals surface area contributed by atoms with Gasteiger partial charge in [-0.05, 0) is 68.4 Å². The molecular weight excluding hydrogens is 446 g/mol. The van der Waals surface area contributed by atoms with Crippen molar-refractivity contribution in [1.29, 1.82) is 0 Å². The minimum absolute atomic E-state index is 0.316. The molecule has 2 N–H and O–H groups in total. The van der Waals surface area contributed by atoms with Crippen LogP contribution in [0.4, 0.5) is 11.4 Å². The fourth-order valence-electron chi connectivity index (χ4n) is 5.11. The first kappa shape index (κ1) is 29.9. The van der Waals surface area contributed by atoms with Gasteiger partial charge in [-0.3, -0.25) is 9.69 Å². The van der Waals surface area contributed by atoms with Crippen LogP contribution in [0.15, 0.2) is 47.6 Å². The molecule has 1 aromatic rings. The third-order valence-electron chi connectivity index (χ3n) is 6.85. The topological polar surface area (TPSA) is 58.8 Å². The Labute approximate surface area is 220 Å². The van der Waals surface area contributed by atoms with Crippen molar-refractivity contribution in [2.75, 3.05) is 56.6 Å². The molecule has 1 fully saturated rings. The van der Waals surface area contributed by atoms with Crippen LogP contribution in [0.1, 0.15) is 78.7 Å². The number of ether oxygens (including phenoxy) is 1. The van der Waals surface area contributed by atoms with Gasteiger partial charge in [-0.25, -0.2) is 0 Å². The molecule has 5 heteroatoms. The van der Waals surface area contributed by atoms with Crippen LogP contribution in [0.5, 0.6) is 0 Å². The Morgan fingerprint density at radius 3 is 2.56 bits per heavy atom. The van der Waals surface area contributed by atoms with Crippen molar-refractivity contribution in [1.82, 2.24) is 4.90 Å². The number of fused-ring (bicyclic) bond motifs is 1. The molecule has 0 atom stereocenters. The van der Waals surface area contributed by atoms with E-state index in [1.165, 1.54) is 16.7 Å². The maximum atomic E-state index is 12.9. The second-order valence-corrected chi connectivity index (χ2v) is 9.05. The van der Waals surface area contributed by atoms with E-state index in [2.05, 4.69) is 47.1 Å². The van der Waals surface area contributed by atoms with E-state index >= 15 is 0 Å². The summed E-state index contributed by atoms with van der Waals surface area (Å²) in [7, 11) is 0. The van der Waals surface area contributed by atoms with Gasteiger partial charge in [0, 0.05) is 38.2 Å². The lowest BCUT2D eigenvalue weighted by atomic mass is 9.94. The van der Waals surface area contributed by atoms with Gasteiger partial charge in [0.2, 0.25) is 0 Å². The second kappa shape index (κ2) is 16.4. The number of morpholine rings is 1. The Bertz CT molecular complexity index is 910. The molecule has 0 amide bonds. The molecule has 1 aliphatic carbocycles. The van der Waals surface area contributed by atoms with Gasteiger partial charge in [-0.2, -0.15) is 0 Å². The highest BCUT2D eigenvalue weighted by atomic mass is 16.5. The molecule has 0 unspecified atom stereocenters. The van der Waals surface area contributed by atoms with Crippen LogP contribution >= 0.6 is 0 Å². The Morgan fingerprint density at radius 1 is 1.08 bits per heavy atom. The highest BCUT2D eigenvalue weighted by molar-refractivity contribution is 5.96. The van der Waals surface area contributed by atoms with Gasteiger partial charge in [0.05, 0.1) is 24.6 Å². The van der Waals surface area contributed by atoms with Crippen molar-refractivity contribution >= 4 is 22.7 Å². The quantitative estimate of drug-likeness (QED) is 0.429. The highest BCUT2D eigenvalue weighted by Crippen LogP contribution is 2.38. The van der Waals surface area contributed by atoms with Crippen LogP contribution in [0.2, 0.25) is 0 Å². The van der Waals surface area contributed by atoms with E-state index in [1.807, 2.05) is 33.8 Å². The molecule has 0 saturated carbocycles. The highest BCUT2D eigenvalue weighted by Gasteiger charge is 2.22. The van der Waals surface area contributed by atoms with Gasteiger partial charge in [-0.15, -0.1) is 0 Å². The van der Waals surface area contributed by atoms with Crippen molar-refractivity contribution in [3.63, 3.8) is 0 Å². The van der Waals surface area contributed by atoms with E-state index in [0.717, 1.165) is 95.0 Å². The fourth-order valence-corrected chi connectivity index (χ4v) is 5.11. The van der Waals surface area contributed by atoms with E-state index in [4.69, 9.17) is 10.5 Å². The van der Waals surface area contributed by atoms with Crippen LogP contribution in [-0.2, 0) is 9.53 Å². The number of nitrogen functional groups attached to an aromatic ring is 1. The predicted molar refractivity (Wildman–Crippen MR) is 156 cm³/mol. The summed E-state index contributed by atoms with van der Waals surface area (Å²) >= 11 is 0. The number of ketones is 1. The predicted octanol–water partition coefficient (Wildman–Crippen LogP) is 6.65.